The minimum atomic E-state index is -1.36. The van der Waals surface area contributed by atoms with Crippen molar-refractivity contribution < 1.29 is 29.9 Å². The van der Waals surface area contributed by atoms with E-state index in [1.165, 1.54) is 6.07 Å². The first-order valence-electron chi connectivity index (χ1n) is 6.61. The van der Waals surface area contributed by atoms with E-state index in [0.717, 1.165) is 0 Å². The maximum absolute atomic E-state index is 9.89. The first kappa shape index (κ1) is 14.1. The number of phenols is 1. The van der Waals surface area contributed by atoms with Crippen LogP contribution in [0.5, 0.6) is 11.5 Å². The van der Waals surface area contributed by atoms with Crippen LogP contribution in [0.15, 0.2) is 36.4 Å². The van der Waals surface area contributed by atoms with E-state index in [0.29, 0.717) is 16.5 Å². The average molecular weight is 292 g/mol. The third-order valence-electron chi connectivity index (χ3n) is 3.56. The number of phenolic OH excluding ortho intramolecular Hbond substituents is 1. The first-order chi connectivity index (χ1) is 10.1. The average Bonchev–Trinajstić information content (AvgIpc) is 2.50. The van der Waals surface area contributed by atoms with Gasteiger partial charge in [-0.3, -0.25) is 0 Å². The summed E-state index contributed by atoms with van der Waals surface area (Å²) < 4.78 is 10.8. The Balaban J connectivity index is 1.90. The second-order valence-corrected chi connectivity index (χ2v) is 5.00. The van der Waals surface area contributed by atoms with Gasteiger partial charge in [0.05, 0.1) is 6.61 Å². The summed E-state index contributed by atoms with van der Waals surface area (Å²) in [7, 11) is 0. The monoisotopic (exact) mass is 292 g/mol. The van der Waals surface area contributed by atoms with E-state index in [2.05, 4.69) is 0 Å². The number of benzene rings is 2. The van der Waals surface area contributed by atoms with Crippen LogP contribution in [0.25, 0.3) is 10.8 Å². The van der Waals surface area contributed by atoms with Crippen LogP contribution < -0.4 is 4.74 Å². The predicted octanol–water partition coefficient (Wildman–Crippen LogP) is 0.363. The summed E-state index contributed by atoms with van der Waals surface area (Å²) >= 11 is 0. The van der Waals surface area contributed by atoms with Gasteiger partial charge in [0.2, 0.25) is 6.29 Å². The molecule has 1 fully saturated rings. The highest BCUT2D eigenvalue weighted by Gasteiger charge is 2.39. The molecule has 0 bridgehead atoms. The fraction of sp³-hybridized carbons (Fsp3) is 0.333. The van der Waals surface area contributed by atoms with Crippen LogP contribution in [0, 0.1) is 0 Å². The SMILES string of the molecule is Oc1ccc(O[C@@H]2OC[C@@H](O)[C@H](O)[C@H]2O)c2ccccc12. The van der Waals surface area contributed by atoms with Crippen LogP contribution in [0.2, 0.25) is 0 Å². The van der Waals surface area contributed by atoms with E-state index in [1.54, 1.807) is 30.3 Å². The quantitative estimate of drug-likeness (QED) is 0.638. The number of ether oxygens (including phenoxy) is 2. The van der Waals surface area contributed by atoms with Crippen molar-refractivity contribution in [3.8, 4) is 11.5 Å². The van der Waals surface area contributed by atoms with E-state index in [-0.39, 0.29) is 12.4 Å². The molecule has 21 heavy (non-hydrogen) atoms. The van der Waals surface area contributed by atoms with Crippen LogP contribution in [0.1, 0.15) is 0 Å². The molecule has 2 aromatic rings. The largest absolute Gasteiger partial charge is 0.507 e. The molecule has 6 heteroatoms. The van der Waals surface area contributed by atoms with Gasteiger partial charge in [0.25, 0.3) is 0 Å². The molecular formula is C15H16O6. The molecule has 1 aliphatic rings. The van der Waals surface area contributed by atoms with Crippen molar-refractivity contribution in [1.82, 2.24) is 0 Å². The van der Waals surface area contributed by atoms with Gasteiger partial charge in [-0.15, -0.1) is 0 Å². The molecule has 0 radical (unpaired) electrons. The standard InChI is InChI=1S/C15H16O6/c16-10-5-6-12(9-4-2-1-3-8(9)10)21-15-14(19)13(18)11(17)7-20-15/h1-6,11,13-19H,7H2/t11-,13+,14-,15+/m1/s1. The smallest absolute Gasteiger partial charge is 0.228 e. The molecule has 4 N–H and O–H groups in total. The molecule has 1 heterocycles. The third-order valence-corrected chi connectivity index (χ3v) is 3.56. The maximum Gasteiger partial charge on any atom is 0.228 e. The third kappa shape index (κ3) is 2.54. The van der Waals surface area contributed by atoms with Gasteiger partial charge in [-0.1, -0.05) is 24.3 Å². The molecule has 3 rings (SSSR count). The number of hydrogen-bond donors (Lipinski definition) is 4. The van der Waals surface area contributed by atoms with E-state index < -0.39 is 24.6 Å². The lowest BCUT2D eigenvalue weighted by Gasteiger charge is -2.35. The summed E-state index contributed by atoms with van der Waals surface area (Å²) in [6.07, 6.45) is -4.92. The van der Waals surface area contributed by atoms with Crippen LogP contribution in [-0.2, 0) is 4.74 Å². The second kappa shape index (κ2) is 5.50. The lowest BCUT2D eigenvalue weighted by atomic mass is 10.1. The highest BCUT2D eigenvalue weighted by molar-refractivity contribution is 5.92. The summed E-state index contributed by atoms with van der Waals surface area (Å²) in [6, 6.07) is 10.1. The minimum Gasteiger partial charge on any atom is -0.507 e. The fourth-order valence-electron chi connectivity index (χ4n) is 2.37. The molecule has 0 saturated carbocycles. The van der Waals surface area contributed by atoms with Gasteiger partial charge in [-0.2, -0.15) is 0 Å². The Hall–Kier alpha value is -1.86. The highest BCUT2D eigenvalue weighted by Crippen LogP contribution is 2.33. The number of hydrogen-bond acceptors (Lipinski definition) is 6. The molecule has 6 nitrogen and oxygen atoms in total. The second-order valence-electron chi connectivity index (χ2n) is 5.00. The Morgan fingerprint density at radius 1 is 0.952 bits per heavy atom. The Morgan fingerprint density at radius 2 is 1.67 bits per heavy atom. The van der Waals surface area contributed by atoms with Crippen LogP contribution in [0.4, 0.5) is 0 Å². The van der Waals surface area contributed by atoms with E-state index in [9.17, 15) is 20.4 Å². The summed E-state index contributed by atoms with van der Waals surface area (Å²) in [6.45, 7) is -0.126. The molecular weight excluding hydrogens is 276 g/mol. The Bertz CT molecular complexity index is 643. The Kier molecular flexibility index (Phi) is 3.69. The summed E-state index contributed by atoms with van der Waals surface area (Å²) in [4.78, 5) is 0. The van der Waals surface area contributed by atoms with Gasteiger partial charge >= 0.3 is 0 Å². The van der Waals surface area contributed by atoms with E-state index in [1.807, 2.05) is 0 Å². The molecule has 0 aliphatic carbocycles. The van der Waals surface area contributed by atoms with Crippen LogP contribution >= 0.6 is 0 Å². The highest BCUT2D eigenvalue weighted by atomic mass is 16.7. The first-order valence-corrected chi connectivity index (χ1v) is 6.61. The Morgan fingerprint density at radius 3 is 2.43 bits per heavy atom. The number of fused-ring (bicyclic) bond motifs is 1. The molecule has 0 amide bonds. The van der Waals surface area contributed by atoms with E-state index in [4.69, 9.17) is 9.47 Å². The Labute approximate surface area is 120 Å². The van der Waals surface area contributed by atoms with Gasteiger partial charge in [-0.05, 0) is 12.1 Å². The molecule has 1 saturated heterocycles. The molecule has 2 aromatic carbocycles. The van der Waals surface area contributed by atoms with Gasteiger partial charge in [0, 0.05) is 10.8 Å². The fourth-order valence-corrected chi connectivity index (χ4v) is 2.37. The van der Waals surface area contributed by atoms with Crippen molar-refractivity contribution in [2.45, 2.75) is 24.6 Å². The van der Waals surface area contributed by atoms with Crippen molar-refractivity contribution in [2.75, 3.05) is 6.61 Å². The topological polar surface area (TPSA) is 99.4 Å². The van der Waals surface area contributed by atoms with Gasteiger partial charge < -0.3 is 29.9 Å². The number of aliphatic hydroxyl groups is 3. The van der Waals surface area contributed by atoms with Gasteiger partial charge in [-0.25, -0.2) is 0 Å². The summed E-state index contributed by atoms with van der Waals surface area (Å²) in [5.41, 5.74) is 0. The summed E-state index contributed by atoms with van der Waals surface area (Å²) in [5.74, 6) is 0.537. The van der Waals surface area contributed by atoms with Crippen molar-refractivity contribution in [3.05, 3.63) is 36.4 Å². The number of rotatable bonds is 2. The molecule has 0 spiro atoms. The minimum absolute atomic E-state index is 0.124. The van der Waals surface area contributed by atoms with Gasteiger partial charge in [0.1, 0.15) is 29.8 Å². The zero-order valence-electron chi connectivity index (χ0n) is 11.1. The molecule has 1 aliphatic heterocycles. The molecule has 112 valence electrons. The lowest BCUT2D eigenvalue weighted by molar-refractivity contribution is -0.241. The molecule has 4 atom stereocenters. The van der Waals surface area contributed by atoms with Crippen molar-refractivity contribution >= 4 is 10.8 Å². The van der Waals surface area contributed by atoms with Crippen molar-refractivity contribution in [2.24, 2.45) is 0 Å². The van der Waals surface area contributed by atoms with Crippen LogP contribution in [0.3, 0.4) is 0 Å². The maximum atomic E-state index is 9.89. The number of aliphatic hydroxyl groups excluding tert-OH is 3. The molecule has 0 unspecified atom stereocenters. The molecule has 0 aromatic heterocycles. The zero-order chi connectivity index (χ0) is 15.0. The summed E-state index contributed by atoms with van der Waals surface area (Å²) in [5, 5.41) is 40.0. The van der Waals surface area contributed by atoms with Crippen LogP contribution in [-0.4, -0.2) is 51.6 Å². The van der Waals surface area contributed by atoms with Crippen molar-refractivity contribution in [3.63, 3.8) is 0 Å². The zero-order valence-corrected chi connectivity index (χ0v) is 11.1. The number of aromatic hydroxyl groups is 1. The van der Waals surface area contributed by atoms with Crippen molar-refractivity contribution in [1.29, 1.82) is 0 Å². The van der Waals surface area contributed by atoms with Gasteiger partial charge in [0.15, 0.2) is 0 Å². The van der Waals surface area contributed by atoms with E-state index >= 15 is 0 Å². The lowest BCUT2D eigenvalue weighted by Crippen LogP contribution is -2.54. The normalized spacial score (nSPS) is 29.5. The predicted molar refractivity (Wildman–Crippen MR) is 74.0 cm³/mol.